The summed E-state index contributed by atoms with van der Waals surface area (Å²) in [5.74, 6) is -1.08. The van der Waals surface area contributed by atoms with E-state index in [1.165, 1.54) is 6.07 Å². The molecule has 0 atom stereocenters. The van der Waals surface area contributed by atoms with Gasteiger partial charge in [-0.05, 0) is 18.1 Å². The fourth-order valence-electron chi connectivity index (χ4n) is 1.79. The predicted molar refractivity (Wildman–Crippen MR) is 69.3 cm³/mol. The average Bonchev–Trinajstić information content (AvgIpc) is 2.36. The van der Waals surface area contributed by atoms with Gasteiger partial charge in [-0.15, -0.1) is 0 Å². The van der Waals surface area contributed by atoms with Gasteiger partial charge in [0.15, 0.2) is 0 Å². The topological polar surface area (TPSA) is 59.4 Å². The normalized spacial score (nSPS) is 10.8. The van der Waals surface area contributed by atoms with Gasteiger partial charge in [0.2, 0.25) is 0 Å². The molecule has 0 aliphatic rings. The van der Waals surface area contributed by atoms with Gasteiger partial charge in [-0.25, -0.2) is 9.78 Å². The number of benzene rings is 1. The third-order valence-corrected chi connectivity index (χ3v) is 2.98. The minimum Gasteiger partial charge on any atom is -0.477 e. The molecule has 4 nitrogen and oxygen atoms in total. The molecule has 0 bridgehead atoms. The summed E-state index contributed by atoms with van der Waals surface area (Å²) in [6.07, 6.45) is 0.667. The highest BCUT2D eigenvalue weighted by molar-refractivity contribution is 6.35. The zero-order valence-corrected chi connectivity index (χ0v) is 10.6. The van der Waals surface area contributed by atoms with Gasteiger partial charge in [0.1, 0.15) is 5.69 Å². The summed E-state index contributed by atoms with van der Waals surface area (Å²) in [6, 6.07) is 6.97. The van der Waals surface area contributed by atoms with Crippen LogP contribution in [0.15, 0.2) is 24.3 Å². The first-order valence-corrected chi connectivity index (χ1v) is 5.81. The van der Waals surface area contributed by atoms with Crippen molar-refractivity contribution in [2.75, 3.05) is 13.7 Å². The highest BCUT2D eigenvalue weighted by atomic mass is 35.5. The number of aromatic nitrogens is 1. The quantitative estimate of drug-likeness (QED) is 0.923. The maximum atomic E-state index is 11.0. The summed E-state index contributed by atoms with van der Waals surface area (Å²) in [5, 5.41) is 10.1. The lowest BCUT2D eigenvalue weighted by atomic mass is 10.1. The first-order chi connectivity index (χ1) is 8.63. The zero-order valence-electron chi connectivity index (χ0n) is 9.81. The minimum absolute atomic E-state index is 0.0441. The van der Waals surface area contributed by atoms with Crippen LogP contribution in [-0.4, -0.2) is 29.8 Å². The van der Waals surface area contributed by atoms with Crippen LogP contribution >= 0.6 is 11.6 Å². The number of hydrogen-bond acceptors (Lipinski definition) is 3. The van der Waals surface area contributed by atoms with Crippen LogP contribution in [0.3, 0.4) is 0 Å². The second-order valence-corrected chi connectivity index (χ2v) is 4.26. The molecule has 0 radical (unpaired) electrons. The van der Waals surface area contributed by atoms with E-state index in [-0.39, 0.29) is 5.69 Å². The predicted octanol–water partition coefficient (Wildman–Crippen LogP) is 2.78. The Hall–Kier alpha value is -1.65. The van der Waals surface area contributed by atoms with Gasteiger partial charge < -0.3 is 9.84 Å². The van der Waals surface area contributed by atoms with E-state index in [0.29, 0.717) is 23.6 Å². The summed E-state index contributed by atoms with van der Waals surface area (Å²) in [5.41, 5.74) is 1.51. The van der Waals surface area contributed by atoms with Gasteiger partial charge in [0, 0.05) is 12.5 Å². The van der Waals surface area contributed by atoms with E-state index in [2.05, 4.69) is 4.98 Å². The molecule has 0 unspecified atom stereocenters. The minimum atomic E-state index is -1.08. The Balaban J connectivity index is 2.61. The molecule has 2 rings (SSSR count). The van der Waals surface area contributed by atoms with Crippen molar-refractivity contribution < 1.29 is 14.6 Å². The SMILES string of the molecule is COCCc1cccc2c(Cl)cc(C(=O)O)nc12. The van der Waals surface area contributed by atoms with Gasteiger partial charge >= 0.3 is 5.97 Å². The van der Waals surface area contributed by atoms with E-state index in [9.17, 15) is 4.79 Å². The lowest BCUT2D eigenvalue weighted by molar-refractivity contribution is 0.0691. The van der Waals surface area contributed by atoms with Crippen molar-refractivity contribution in [3.8, 4) is 0 Å². The molecule has 1 aromatic heterocycles. The maximum absolute atomic E-state index is 11.0. The largest absolute Gasteiger partial charge is 0.477 e. The first-order valence-electron chi connectivity index (χ1n) is 5.44. The monoisotopic (exact) mass is 265 g/mol. The van der Waals surface area contributed by atoms with Crippen LogP contribution in [-0.2, 0) is 11.2 Å². The standard InChI is InChI=1S/C13H12ClNO3/c1-18-6-5-8-3-2-4-9-10(14)7-11(13(16)17)15-12(8)9/h2-4,7H,5-6H2,1H3,(H,16,17). The van der Waals surface area contributed by atoms with Crippen LogP contribution in [0.4, 0.5) is 0 Å². The Morgan fingerprint density at radius 2 is 2.28 bits per heavy atom. The number of halogens is 1. The number of hydrogen-bond donors (Lipinski definition) is 1. The third-order valence-electron chi connectivity index (χ3n) is 2.67. The summed E-state index contributed by atoms with van der Waals surface area (Å²) < 4.78 is 5.03. The van der Waals surface area contributed by atoms with Crippen molar-refractivity contribution in [3.05, 3.63) is 40.5 Å². The van der Waals surface area contributed by atoms with Crippen LogP contribution in [0.25, 0.3) is 10.9 Å². The number of rotatable bonds is 4. The molecule has 0 saturated heterocycles. The van der Waals surface area contributed by atoms with Crippen LogP contribution in [0.5, 0.6) is 0 Å². The fraction of sp³-hybridized carbons (Fsp3) is 0.231. The fourth-order valence-corrected chi connectivity index (χ4v) is 2.05. The first kappa shape index (κ1) is 12.8. The highest BCUT2D eigenvalue weighted by Crippen LogP contribution is 2.26. The number of ether oxygens (including phenoxy) is 1. The Labute approximate surface area is 109 Å². The lowest BCUT2D eigenvalue weighted by Gasteiger charge is -2.07. The van der Waals surface area contributed by atoms with Crippen LogP contribution in [0.1, 0.15) is 16.1 Å². The van der Waals surface area contributed by atoms with Gasteiger partial charge in [0.25, 0.3) is 0 Å². The van der Waals surface area contributed by atoms with Crippen molar-refractivity contribution in [2.24, 2.45) is 0 Å². The molecule has 94 valence electrons. The smallest absolute Gasteiger partial charge is 0.354 e. The van der Waals surface area contributed by atoms with Gasteiger partial charge in [-0.2, -0.15) is 0 Å². The van der Waals surface area contributed by atoms with Crippen molar-refractivity contribution in [1.82, 2.24) is 4.98 Å². The molecule has 2 aromatic rings. The summed E-state index contributed by atoms with van der Waals surface area (Å²) in [6.45, 7) is 0.551. The van der Waals surface area contributed by atoms with Crippen LogP contribution in [0.2, 0.25) is 5.02 Å². The molecule has 1 N–H and O–H groups in total. The molecule has 0 aliphatic carbocycles. The molecule has 0 amide bonds. The Kier molecular flexibility index (Phi) is 3.79. The van der Waals surface area contributed by atoms with E-state index in [4.69, 9.17) is 21.4 Å². The maximum Gasteiger partial charge on any atom is 0.354 e. The number of methoxy groups -OCH3 is 1. The van der Waals surface area contributed by atoms with Crippen molar-refractivity contribution in [1.29, 1.82) is 0 Å². The lowest BCUT2D eigenvalue weighted by Crippen LogP contribution is -2.03. The Morgan fingerprint density at radius 3 is 2.94 bits per heavy atom. The number of carboxylic acids is 1. The molecular weight excluding hydrogens is 254 g/mol. The van der Waals surface area contributed by atoms with E-state index < -0.39 is 5.97 Å². The number of nitrogens with zero attached hydrogens (tertiary/aromatic N) is 1. The number of aromatic carboxylic acids is 1. The van der Waals surface area contributed by atoms with Crippen molar-refractivity contribution in [2.45, 2.75) is 6.42 Å². The molecule has 0 saturated carbocycles. The Bertz CT molecular complexity index is 598. The third kappa shape index (κ3) is 2.44. The second kappa shape index (κ2) is 5.33. The molecule has 1 heterocycles. The second-order valence-electron chi connectivity index (χ2n) is 3.85. The number of carboxylic acid groups (broad SMARTS) is 1. The van der Waals surface area contributed by atoms with Gasteiger partial charge in [-0.3, -0.25) is 0 Å². The van der Waals surface area contributed by atoms with Gasteiger partial charge in [-0.1, -0.05) is 29.8 Å². The molecule has 0 aliphatic heterocycles. The van der Waals surface area contributed by atoms with Crippen molar-refractivity contribution >= 4 is 28.5 Å². The van der Waals surface area contributed by atoms with Gasteiger partial charge in [0.05, 0.1) is 17.1 Å². The van der Waals surface area contributed by atoms with E-state index in [1.807, 2.05) is 18.2 Å². The van der Waals surface area contributed by atoms with Crippen molar-refractivity contribution in [3.63, 3.8) is 0 Å². The molecule has 18 heavy (non-hydrogen) atoms. The highest BCUT2D eigenvalue weighted by Gasteiger charge is 2.12. The zero-order chi connectivity index (χ0) is 13.1. The summed E-state index contributed by atoms with van der Waals surface area (Å²) >= 11 is 6.08. The van der Waals surface area contributed by atoms with Crippen LogP contribution in [0, 0.1) is 0 Å². The molecule has 0 spiro atoms. The summed E-state index contributed by atoms with van der Waals surface area (Å²) in [4.78, 5) is 15.1. The number of pyridine rings is 1. The van der Waals surface area contributed by atoms with Crippen LogP contribution < -0.4 is 0 Å². The molecule has 1 aromatic carbocycles. The number of fused-ring (bicyclic) bond motifs is 1. The van der Waals surface area contributed by atoms with E-state index >= 15 is 0 Å². The molecular formula is C13H12ClNO3. The molecule has 5 heteroatoms. The number of carbonyl (C=O) groups is 1. The summed E-state index contributed by atoms with van der Waals surface area (Å²) in [7, 11) is 1.62. The number of para-hydroxylation sites is 1. The van der Waals surface area contributed by atoms with E-state index in [1.54, 1.807) is 7.11 Å². The average molecular weight is 266 g/mol. The van der Waals surface area contributed by atoms with E-state index in [0.717, 1.165) is 10.9 Å². The molecule has 0 fully saturated rings. The Morgan fingerprint density at radius 1 is 1.50 bits per heavy atom.